The average molecular weight is 365 g/mol. The monoisotopic (exact) mass is 364 g/mol. The molecule has 0 aliphatic carbocycles. The first-order valence-corrected chi connectivity index (χ1v) is 8.42. The van der Waals surface area contributed by atoms with Crippen molar-refractivity contribution in [2.24, 2.45) is 0 Å². The fraction of sp³-hybridized carbons (Fsp3) is 0.353. The van der Waals surface area contributed by atoms with Crippen LogP contribution >= 0.6 is 23.8 Å². The third-order valence-corrected chi connectivity index (χ3v) is 3.92. The highest BCUT2D eigenvalue weighted by Crippen LogP contribution is 2.21. The molecule has 2 aromatic rings. The number of thiocarbonyl (C=S) groups is 1. The molecule has 5 nitrogen and oxygen atoms in total. The summed E-state index contributed by atoms with van der Waals surface area (Å²) in [7, 11) is 0. The third kappa shape index (κ3) is 5.04. The van der Waals surface area contributed by atoms with Crippen LogP contribution in [0.1, 0.15) is 26.7 Å². The third-order valence-electron chi connectivity index (χ3n) is 3.29. The van der Waals surface area contributed by atoms with E-state index in [1.807, 2.05) is 24.0 Å². The number of benzene rings is 1. The molecule has 1 aromatic heterocycles. The highest BCUT2D eigenvalue weighted by atomic mass is 35.5. The number of aromatic nitrogens is 2. The Morgan fingerprint density at radius 3 is 2.58 bits per heavy atom. The second kappa shape index (κ2) is 8.26. The van der Waals surface area contributed by atoms with Crippen LogP contribution in [0.25, 0.3) is 11.5 Å². The second-order valence-electron chi connectivity index (χ2n) is 5.85. The first kappa shape index (κ1) is 18.4. The minimum absolute atomic E-state index is 0.195. The average Bonchev–Trinajstić information content (AvgIpc) is 2.99. The summed E-state index contributed by atoms with van der Waals surface area (Å²) in [5.74, 6) is 0.972. The number of nitrogens with one attached hydrogen (secondary N) is 1. The van der Waals surface area contributed by atoms with Crippen LogP contribution < -0.4 is 5.32 Å². The van der Waals surface area contributed by atoms with Gasteiger partial charge >= 0.3 is 0 Å². The highest BCUT2D eigenvalue weighted by molar-refractivity contribution is 7.80. The summed E-state index contributed by atoms with van der Waals surface area (Å²) in [5, 5.41) is 12.7. The summed E-state index contributed by atoms with van der Waals surface area (Å²) in [5.41, 5.74) is 1.85. The number of hydrogen-bond donors (Lipinski definition) is 1. The van der Waals surface area contributed by atoms with Crippen LogP contribution in [0.3, 0.4) is 0 Å². The number of rotatable bonds is 6. The van der Waals surface area contributed by atoms with E-state index in [0.717, 1.165) is 11.1 Å². The van der Waals surface area contributed by atoms with E-state index in [1.54, 1.807) is 12.1 Å². The van der Waals surface area contributed by atoms with Gasteiger partial charge < -0.3 is 14.6 Å². The van der Waals surface area contributed by atoms with Crippen molar-refractivity contribution in [2.75, 3.05) is 6.54 Å². The summed E-state index contributed by atoms with van der Waals surface area (Å²) < 4.78 is 5.75. The zero-order chi connectivity index (χ0) is 17.7. The first-order chi connectivity index (χ1) is 11.4. The maximum absolute atomic E-state index is 5.89. The van der Waals surface area contributed by atoms with Crippen molar-refractivity contribution in [1.29, 1.82) is 0 Å². The maximum Gasteiger partial charge on any atom is 0.247 e. The Bertz CT molecular complexity index is 712. The summed E-state index contributed by atoms with van der Waals surface area (Å²) in [6.45, 7) is 11.0. The molecule has 0 spiro atoms. The van der Waals surface area contributed by atoms with Gasteiger partial charge in [-0.25, -0.2) is 0 Å². The molecule has 7 heteroatoms. The highest BCUT2D eigenvalue weighted by Gasteiger charge is 2.18. The van der Waals surface area contributed by atoms with Crippen molar-refractivity contribution >= 4 is 28.9 Å². The summed E-state index contributed by atoms with van der Waals surface area (Å²) in [6, 6.07) is 7.47. The van der Waals surface area contributed by atoms with E-state index in [0.29, 0.717) is 35.0 Å². The molecule has 0 unspecified atom stereocenters. The summed E-state index contributed by atoms with van der Waals surface area (Å²) in [4.78, 5) is 2.00. The topological polar surface area (TPSA) is 54.2 Å². The molecule has 0 saturated carbocycles. The van der Waals surface area contributed by atoms with Crippen LogP contribution in [0.4, 0.5) is 0 Å². The predicted octanol–water partition coefficient (Wildman–Crippen LogP) is 4.05. The summed E-state index contributed by atoms with van der Waals surface area (Å²) >= 11 is 11.3. The number of hydrogen-bond acceptors (Lipinski definition) is 4. The normalized spacial score (nSPS) is 10.7. The van der Waals surface area contributed by atoms with Gasteiger partial charge in [0.05, 0.1) is 6.54 Å². The Kier molecular flexibility index (Phi) is 6.34. The van der Waals surface area contributed by atoms with E-state index in [9.17, 15) is 0 Å². The Morgan fingerprint density at radius 1 is 1.33 bits per heavy atom. The lowest BCUT2D eigenvalue weighted by Crippen LogP contribution is -2.43. The number of halogens is 1. The van der Waals surface area contributed by atoms with Crippen LogP contribution in [0.5, 0.6) is 0 Å². The molecule has 0 aliphatic rings. The SMILES string of the molecule is C=C(C)CNC(=S)N(Cc1nnc(-c2ccc(Cl)cc2)o1)C(C)C. The van der Waals surface area contributed by atoms with Gasteiger partial charge in [0.15, 0.2) is 5.11 Å². The Balaban J connectivity index is 2.08. The molecular weight excluding hydrogens is 344 g/mol. The molecule has 1 aromatic carbocycles. The van der Waals surface area contributed by atoms with E-state index < -0.39 is 0 Å². The molecule has 2 rings (SSSR count). The molecule has 0 atom stereocenters. The zero-order valence-corrected chi connectivity index (χ0v) is 15.6. The number of nitrogens with zero attached hydrogens (tertiary/aromatic N) is 3. The molecule has 0 fully saturated rings. The predicted molar refractivity (Wildman–Crippen MR) is 101 cm³/mol. The fourth-order valence-electron chi connectivity index (χ4n) is 1.99. The Labute approximate surface area is 152 Å². The van der Waals surface area contributed by atoms with E-state index in [2.05, 4.69) is 35.9 Å². The molecule has 0 saturated heterocycles. The van der Waals surface area contributed by atoms with Crippen molar-refractivity contribution in [2.45, 2.75) is 33.4 Å². The Hall–Kier alpha value is -1.92. The molecule has 0 bridgehead atoms. The smallest absolute Gasteiger partial charge is 0.247 e. The van der Waals surface area contributed by atoms with Crippen LogP contribution in [0, 0.1) is 0 Å². The van der Waals surface area contributed by atoms with Crippen molar-refractivity contribution in [3.8, 4) is 11.5 Å². The lowest BCUT2D eigenvalue weighted by Gasteiger charge is -2.28. The van der Waals surface area contributed by atoms with Crippen molar-refractivity contribution in [3.05, 3.63) is 47.3 Å². The van der Waals surface area contributed by atoms with Gasteiger partial charge in [-0.3, -0.25) is 0 Å². The largest absolute Gasteiger partial charge is 0.419 e. The van der Waals surface area contributed by atoms with Crippen LogP contribution in [-0.2, 0) is 6.54 Å². The van der Waals surface area contributed by atoms with Crippen LogP contribution in [-0.4, -0.2) is 32.8 Å². The molecule has 0 radical (unpaired) electrons. The molecule has 0 amide bonds. The molecule has 24 heavy (non-hydrogen) atoms. The van der Waals surface area contributed by atoms with Crippen LogP contribution in [0.2, 0.25) is 5.02 Å². The quantitative estimate of drug-likeness (QED) is 0.616. The lowest BCUT2D eigenvalue weighted by atomic mass is 10.2. The van der Waals surface area contributed by atoms with Crippen molar-refractivity contribution < 1.29 is 4.42 Å². The van der Waals surface area contributed by atoms with Gasteiger partial charge in [0.1, 0.15) is 0 Å². The van der Waals surface area contributed by atoms with Gasteiger partial charge in [0.2, 0.25) is 11.8 Å². The van der Waals surface area contributed by atoms with Gasteiger partial charge in [0.25, 0.3) is 0 Å². The van der Waals surface area contributed by atoms with Crippen molar-refractivity contribution in [3.63, 3.8) is 0 Å². The molecule has 0 aliphatic heterocycles. The lowest BCUT2D eigenvalue weighted by molar-refractivity contribution is 0.302. The molecular formula is C17H21ClN4OS. The maximum atomic E-state index is 5.89. The van der Waals surface area contributed by atoms with E-state index in [1.165, 1.54) is 0 Å². The van der Waals surface area contributed by atoms with Crippen molar-refractivity contribution in [1.82, 2.24) is 20.4 Å². The van der Waals surface area contributed by atoms with Gasteiger partial charge in [-0.05, 0) is 57.3 Å². The standard InChI is InChI=1S/C17H21ClN4OS/c1-11(2)9-19-17(24)22(12(3)4)10-15-20-21-16(23-15)13-5-7-14(18)8-6-13/h5-8,12H,1,9-10H2,2-4H3,(H,19,24). The molecule has 128 valence electrons. The Morgan fingerprint density at radius 2 is 2.00 bits per heavy atom. The second-order valence-corrected chi connectivity index (χ2v) is 6.67. The van der Waals surface area contributed by atoms with E-state index in [-0.39, 0.29) is 6.04 Å². The van der Waals surface area contributed by atoms with Gasteiger partial charge in [-0.15, -0.1) is 10.2 Å². The summed E-state index contributed by atoms with van der Waals surface area (Å²) in [6.07, 6.45) is 0. The van der Waals surface area contributed by atoms with Gasteiger partial charge in [-0.1, -0.05) is 23.8 Å². The van der Waals surface area contributed by atoms with Crippen LogP contribution in [0.15, 0.2) is 40.8 Å². The minimum Gasteiger partial charge on any atom is -0.419 e. The van der Waals surface area contributed by atoms with Gasteiger partial charge in [-0.2, -0.15) is 0 Å². The van der Waals surface area contributed by atoms with E-state index >= 15 is 0 Å². The minimum atomic E-state index is 0.195. The zero-order valence-electron chi connectivity index (χ0n) is 14.0. The van der Waals surface area contributed by atoms with Gasteiger partial charge in [0, 0.05) is 23.2 Å². The molecule has 1 N–H and O–H groups in total. The fourth-order valence-corrected chi connectivity index (χ4v) is 2.46. The first-order valence-electron chi connectivity index (χ1n) is 7.64. The molecule has 1 heterocycles. The van der Waals surface area contributed by atoms with E-state index in [4.69, 9.17) is 28.2 Å².